The molecule has 368 valence electrons. The molecule has 5 amide bonds. The number of benzene rings is 2. The third-order valence-electron chi connectivity index (χ3n) is 14.5. The van der Waals surface area contributed by atoms with Crippen LogP contribution < -0.4 is 25.2 Å². The van der Waals surface area contributed by atoms with Crippen molar-refractivity contribution in [3.05, 3.63) is 102 Å². The van der Waals surface area contributed by atoms with Crippen LogP contribution in [-0.2, 0) is 16.6 Å². The van der Waals surface area contributed by atoms with E-state index in [1.165, 1.54) is 16.7 Å². The predicted octanol–water partition coefficient (Wildman–Crippen LogP) is 5.07. The fourth-order valence-corrected chi connectivity index (χ4v) is 10.6. The Morgan fingerprint density at radius 2 is 1.72 bits per heavy atom. The summed E-state index contributed by atoms with van der Waals surface area (Å²) in [5.41, 5.74) is 3.61. The van der Waals surface area contributed by atoms with Gasteiger partial charge >= 0.3 is 6.03 Å². The number of nitriles is 1. The summed E-state index contributed by atoms with van der Waals surface area (Å²) in [6.45, 7) is 8.28. The molecule has 0 radical (unpaired) electrons. The highest BCUT2D eigenvalue weighted by Crippen LogP contribution is 2.35. The van der Waals surface area contributed by atoms with Crippen LogP contribution >= 0.6 is 0 Å². The standard InChI is InChI=1S/C51H55F2N13O5/c1-3-71-38-26-40(47-36(27-54)29-56-66(47)30-38)35-5-9-44(55-28-35)63-18-13-51(14-19-63,58-49(69)41-25-37(52)6-8-42(41)53)32-62-20-22-64(23-21-62)46(68)31-61-15-10-33(11-16-61)34-4-7-39-43(24-34)60(2)59-48(39)65-17-12-45(67)57-50(65)70/h4-9,24-26,28-30,33H,3,10-23,31-32H2,1-2H3,(H,58,69)(H,57,67,70). The molecule has 0 bridgehead atoms. The minimum absolute atomic E-state index is 0.0777. The summed E-state index contributed by atoms with van der Waals surface area (Å²) in [7, 11) is 1.85. The Hall–Kier alpha value is -7.50. The Bertz CT molecular complexity index is 3050. The molecule has 0 unspecified atom stereocenters. The third kappa shape index (κ3) is 9.71. The highest BCUT2D eigenvalue weighted by molar-refractivity contribution is 6.09. The Labute approximate surface area is 408 Å². The lowest BCUT2D eigenvalue weighted by atomic mass is 9.86. The summed E-state index contributed by atoms with van der Waals surface area (Å²) >= 11 is 0. The summed E-state index contributed by atoms with van der Waals surface area (Å²) in [4.78, 5) is 66.6. The normalized spacial score (nSPS) is 18.2. The lowest BCUT2D eigenvalue weighted by Crippen LogP contribution is -2.63. The fraction of sp³-hybridized carbons (Fsp3) is 0.412. The van der Waals surface area contributed by atoms with E-state index in [9.17, 15) is 33.2 Å². The van der Waals surface area contributed by atoms with Crippen molar-refractivity contribution in [2.45, 2.75) is 50.5 Å². The Morgan fingerprint density at radius 1 is 0.930 bits per heavy atom. The maximum atomic E-state index is 14.9. The molecule has 4 saturated heterocycles. The quantitative estimate of drug-likeness (QED) is 0.166. The molecular weight excluding hydrogens is 913 g/mol. The van der Waals surface area contributed by atoms with Crippen molar-refractivity contribution in [2.75, 3.05) is 88.4 Å². The van der Waals surface area contributed by atoms with Crippen molar-refractivity contribution in [3.63, 3.8) is 0 Å². The topological polar surface area (TPSA) is 190 Å². The van der Waals surface area contributed by atoms with Crippen molar-refractivity contribution in [1.82, 2.24) is 49.7 Å². The van der Waals surface area contributed by atoms with Crippen LogP contribution in [0.3, 0.4) is 0 Å². The minimum Gasteiger partial charge on any atom is -0.492 e. The lowest BCUT2D eigenvalue weighted by Gasteiger charge is -2.47. The van der Waals surface area contributed by atoms with E-state index in [0.29, 0.717) is 100 Å². The van der Waals surface area contributed by atoms with Crippen LogP contribution in [0.25, 0.3) is 27.5 Å². The van der Waals surface area contributed by atoms with Gasteiger partial charge < -0.3 is 19.9 Å². The molecule has 4 aromatic heterocycles. The number of pyridine rings is 2. The first-order valence-corrected chi connectivity index (χ1v) is 24.2. The minimum atomic E-state index is -0.800. The number of carbonyl (C=O) groups is 4. The van der Waals surface area contributed by atoms with Crippen molar-refractivity contribution in [2.24, 2.45) is 7.05 Å². The number of nitrogens with zero attached hydrogens (tertiary/aromatic N) is 11. The summed E-state index contributed by atoms with van der Waals surface area (Å²) < 4.78 is 38.4. The molecule has 10 rings (SSSR count). The number of amides is 5. The summed E-state index contributed by atoms with van der Waals surface area (Å²) in [6.07, 6.45) is 8.05. The van der Waals surface area contributed by atoms with Crippen LogP contribution in [0.4, 0.5) is 25.2 Å². The van der Waals surface area contributed by atoms with Gasteiger partial charge in [0.1, 0.15) is 29.3 Å². The second kappa shape index (κ2) is 19.7. The van der Waals surface area contributed by atoms with Crippen LogP contribution in [0, 0.1) is 23.0 Å². The number of ether oxygens (including phenoxy) is 1. The first kappa shape index (κ1) is 47.2. The average molecular weight is 968 g/mol. The van der Waals surface area contributed by atoms with Gasteiger partial charge in [-0.3, -0.25) is 39.1 Å². The van der Waals surface area contributed by atoms with Crippen LogP contribution in [0.2, 0.25) is 0 Å². The van der Waals surface area contributed by atoms with Crippen molar-refractivity contribution in [3.8, 4) is 22.9 Å². The molecule has 8 heterocycles. The lowest BCUT2D eigenvalue weighted by molar-refractivity contribution is -0.134. The van der Waals surface area contributed by atoms with Crippen LogP contribution in [0.5, 0.6) is 5.75 Å². The van der Waals surface area contributed by atoms with Gasteiger partial charge in [0, 0.05) is 88.5 Å². The Morgan fingerprint density at radius 3 is 2.44 bits per heavy atom. The predicted molar refractivity (Wildman–Crippen MR) is 260 cm³/mol. The van der Waals surface area contributed by atoms with Gasteiger partial charge in [-0.25, -0.2) is 23.1 Å². The molecule has 2 N–H and O–H groups in total. The molecule has 0 atom stereocenters. The number of hydrogen-bond acceptors (Lipinski definition) is 12. The largest absolute Gasteiger partial charge is 0.492 e. The highest BCUT2D eigenvalue weighted by Gasteiger charge is 2.40. The van der Waals surface area contributed by atoms with Gasteiger partial charge in [-0.15, -0.1) is 0 Å². The number of piperazine rings is 1. The number of urea groups is 1. The van der Waals surface area contributed by atoms with Gasteiger partial charge in [0.05, 0.1) is 53.2 Å². The molecule has 0 saturated carbocycles. The second-order valence-corrected chi connectivity index (χ2v) is 18.9. The number of anilines is 2. The number of likely N-dealkylation sites (tertiary alicyclic amines) is 1. The summed E-state index contributed by atoms with van der Waals surface area (Å²) in [5.74, 6) is -0.204. The zero-order chi connectivity index (χ0) is 49.4. The van der Waals surface area contributed by atoms with Crippen LogP contribution in [0.15, 0.2) is 73.2 Å². The number of rotatable bonds is 12. The molecule has 4 fully saturated rings. The zero-order valence-corrected chi connectivity index (χ0v) is 39.7. The molecule has 20 heteroatoms. The van der Waals surface area contributed by atoms with Crippen molar-refractivity contribution >= 4 is 51.8 Å². The fourth-order valence-electron chi connectivity index (χ4n) is 10.6. The van der Waals surface area contributed by atoms with Gasteiger partial charge in [0.2, 0.25) is 11.8 Å². The maximum absolute atomic E-state index is 14.9. The number of imide groups is 1. The SMILES string of the molecule is CCOc1cc(-c2ccc(N3CCC(CN4CCN(C(=O)CN5CCC(c6ccc7c(N8CCC(=O)NC8=O)nn(C)c7c6)CC5)CC4)(NC(=O)c4cc(F)ccc4F)CC3)nc2)c2c(C#N)cnn2c1. The van der Waals surface area contributed by atoms with E-state index in [4.69, 9.17) is 9.72 Å². The van der Waals surface area contributed by atoms with Crippen molar-refractivity contribution in [1.29, 1.82) is 5.26 Å². The molecule has 71 heavy (non-hydrogen) atoms. The van der Waals surface area contributed by atoms with Crippen molar-refractivity contribution < 1.29 is 32.7 Å². The van der Waals surface area contributed by atoms with E-state index in [1.807, 2.05) is 43.1 Å². The summed E-state index contributed by atoms with van der Waals surface area (Å²) in [5, 5.41) is 25.1. The van der Waals surface area contributed by atoms with Gasteiger partial charge in [-0.1, -0.05) is 6.07 Å². The number of carbonyl (C=O) groups excluding carboxylic acids is 4. The molecule has 0 spiro atoms. The number of piperidine rings is 2. The Balaban J connectivity index is 0.756. The van der Waals surface area contributed by atoms with Crippen LogP contribution in [-0.4, -0.2) is 147 Å². The first-order valence-electron chi connectivity index (χ1n) is 24.2. The Kier molecular flexibility index (Phi) is 13.1. The number of hydrogen-bond donors (Lipinski definition) is 2. The van der Waals surface area contributed by atoms with E-state index in [2.05, 4.69) is 53.7 Å². The smallest absolute Gasteiger partial charge is 0.329 e. The zero-order valence-electron chi connectivity index (χ0n) is 39.7. The number of nitrogens with one attached hydrogen (secondary N) is 2. The number of aromatic nitrogens is 5. The molecule has 0 aliphatic carbocycles. The van der Waals surface area contributed by atoms with E-state index < -0.39 is 29.1 Å². The number of aryl methyl sites for hydroxylation is 1. The molecule has 2 aromatic carbocycles. The number of halogens is 2. The van der Waals surface area contributed by atoms with Gasteiger partial charge in [0.25, 0.3) is 5.91 Å². The molecular formula is C51H55F2N13O5. The van der Waals surface area contributed by atoms with E-state index in [-0.39, 0.29) is 30.3 Å². The van der Waals surface area contributed by atoms with E-state index in [0.717, 1.165) is 72.0 Å². The monoisotopic (exact) mass is 967 g/mol. The third-order valence-corrected chi connectivity index (χ3v) is 14.5. The van der Waals surface area contributed by atoms with Gasteiger partial charge in [-0.05, 0) is 106 Å². The van der Waals surface area contributed by atoms with Crippen LogP contribution in [0.1, 0.15) is 66.4 Å². The van der Waals surface area contributed by atoms with Gasteiger partial charge in [0.15, 0.2) is 5.82 Å². The van der Waals surface area contributed by atoms with E-state index in [1.54, 1.807) is 21.6 Å². The second-order valence-electron chi connectivity index (χ2n) is 18.9. The highest BCUT2D eigenvalue weighted by atomic mass is 19.1. The molecule has 18 nitrogen and oxygen atoms in total. The number of fused-ring (bicyclic) bond motifs is 2. The van der Waals surface area contributed by atoms with E-state index >= 15 is 0 Å². The molecule has 4 aliphatic rings. The molecule has 4 aliphatic heterocycles. The average Bonchev–Trinajstić information content (AvgIpc) is 3.95. The maximum Gasteiger partial charge on any atom is 0.329 e. The first-order chi connectivity index (χ1) is 34.4. The van der Waals surface area contributed by atoms with Gasteiger partial charge in [-0.2, -0.15) is 15.5 Å². The summed E-state index contributed by atoms with van der Waals surface area (Å²) in [6, 6.07) is 16.6. The molecule has 6 aromatic rings.